The number of carbonyl (C=O) groups excluding carboxylic acids is 1. The number of hydrogen-bond donors (Lipinski definition) is 0. The van der Waals surface area contributed by atoms with Crippen LogP contribution in [0.2, 0.25) is 5.02 Å². The zero-order chi connectivity index (χ0) is 13.3. The van der Waals surface area contributed by atoms with Gasteiger partial charge in [-0.1, -0.05) is 11.6 Å². The van der Waals surface area contributed by atoms with Gasteiger partial charge in [-0.25, -0.2) is 4.98 Å². The standard InChI is InChI=1S/C13H15ClN2O2/c1-8(18-10(3)17)7-16-9(2)15-12-5-4-11(14)6-13(12)16/h4-6,8H,7H2,1-3H3. The number of imidazole rings is 1. The van der Waals surface area contributed by atoms with Crippen molar-refractivity contribution in [2.24, 2.45) is 0 Å². The maximum Gasteiger partial charge on any atom is 0.302 e. The van der Waals surface area contributed by atoms with Gasteiger partial charge < -0.3 is 9.30 Å². The zero-order valence-electron chi connectivity index (χ0n) is 10.6. The van der Waals surface area contributed by atoms with Crippen LogP contribution in [0.3, 0.4) is 0 Å². The van der Waals surface area contributed by atoms with Gasteiger partial charge in [0.05, 0.1) is 17.6 Å². The van der Waals surface area contributed by atoms with Gasteiger partial charge in [0, 0.05) is 11.9 Å². The normalized spacial score (nSPS) is 12.7. The molecule has 0 N–H and O–H groups in total. The highest BCUT2D eigenvalue weighted by molar-refractivity contribution is 6.31. The molecule has 4 nitrogen and oxygen atoms in total. The second kappa shape index (κ2) is 4.98. The smallest absolute Gasteiger partial charge is 0.302 e. The van der Waals surface area contributed by atoms with Crippen LogP contribution in [0.4, 0.5) is 0 Å². The molecule has 1 heterocycles. The van der Waals surface area contributed by atoms with Crippen LogP contribution in [-0.4, -0.2) is 21.6 Å². The topological polar surface area (TPSA) is 44.1 Å². The Balaban J connectivity index is 2.34. The summed E-state index contributed by atoms with van der Waals surface area (Å²) >= 11 is 5.99. The molecule has 18 heavy (non-hydrogen) atoms. The molecule has 1 aromatic heterocycles. The fourth-order valence-corrected chi connectivity index (χ4v) is 2.19. The van der Waals surface area contributed by atoms with Crippen molar-refractivity contribution in [1.82, 2.24) is 9.55 Å². The minimum atomic E-state index is -0.275. The molecule has 0 saturated heterocycles. The van der Waals surface area contributed by atoms with Gasteiger partial charge in [-0.15, -0.1) is 0 Å². The first-order valence-electron chi connectivity index (χ1n) is 5.77. The van der Waals surface area contributed by atoms with Crippen LogP contribution in [-0.2, 0) is 16.1 Å². The van der Waals surface area contributed by atoms with Crippen molar-refractivity contribution in [2.45, 2.75) is 33.4 Å². The van der Waals surface area contributed by atoms with Crippen molar-refractivity contribution >= 4 is 28.6 Å². The molecule has 0 radical (unpaired) electrons. The number of ether oxygens (including phenoxy) is 1. The number of halogens is 1. The van der Waals surface area contributed by atoms with Gasteiger partial charge in [0.25, 0.3) is 0 Å². The van der Waals surface area contributed by atoms with E-state index in [-0.39, 0.29) is 12.1 Å². The lowest BCUT2D eigenvalue weighted by molar-refractivity contribution is -0.146. The number of esters is 1. The lowest BCUT2D eigenvalue weighted by Crippen LogP contribution is -2.19. The number of rotatable bonds is 3. The van der Waals surface area contributed by atoms with Gasteiger partial charge >= 0.3 is 5.97 Å². The summed E-state index contributed by atoms with van der Waals surface area (Å²) in [5.74, 6) is 0.605. The molecule has 1 unspecified atom stereocenters. The average Bonchev–Trinajstić information content (AvgIpc) is 2.55. The fraction of sp³-hybridized carbons (Fsp3) is 0.385. The minimum Gasteiger partial charge on any atom is -0.461 e. The Morgan fingerprint density at radius 3 is 2.94 bits per heavy atom. The Morgan fingerprint density at radius 2 is 2.28 bits per heavy atom. The Kier molecular flexibility index (Phi) is 3.57. The lowest BCUT2D eigenvalue weighted by Gasteiger charge is -2.14. The van der Waals surface area contributed by atoms with E-state index < -0.39 is 0 Å². The molecule has 2 rings (SSSR count). The number of aryl methyl sites for hydroxylation is 1. The maximum absolute atomic E-state index is 10.9. The molecule has 96 valence electrons. The quantitative estimate of drug-likeness (QED) is 0.803. The number of fused-ring (bicyclic) bond motifs is 1. The van der Waals surface area contributed by atoms with Gasteiger partial charge in [-0.3, -0.25) is 4.79 Å². The van der Waals surface area contributed by atoms with E-state index in [9.17, 15) is 4.79 Å². The molecule has 0 aliphatic carbocycles. The third-order valence-corrected chi connectivity index (χ3v) is 2.94. The molecule has 0 amide bonds. The van der Waals surface area contributed by atoms with Crippen LogP contribution in [0.25, 0.3) is 11.0 Å². The van der Waals surface area contributed by atoms with Crippen LogP contribution in [0, 0.1) is 6.92 Å². The summed E-state index contributed by atoms with van der Waals surface area (Å²) in [5.41, 5.74) is 1.85. The summed E-state index contributed by atoms with van der Waals surface area (Å²) in [4.78, 5) is 15.4. The van der Waals surface area contributed by atoms with Crippen LogP contribution in [0.15, 0.2) is 18.2 Å². The van der Waals surface area contributed by atoms with E-state index in [0.717, 1.165) is 16.9 Å². The molecule has 0 aliphatic heterocycles. The summed E-state index contributed by atoms with van der Waals surface area (Å²) in [6.45, 7) is 5.76. The molecule has 2 aromatic rings. The largest absolute Gasteiger partial charge is 0.461 e. The number of aromatic nitrogens is 2. The molecule has 0 fully saturated rings. The maximum atomic E-state index is 10.9. The Morgan fingerprint density at radius 1 is 1.56 bits per heavy atom. The first kappa shape index (κ1) is 12.9. The van der Waals surface area contributed by atoms with E-state index in [1.165, 1.54) is 6.92 Å². The molecule has 0 spiro atoms. The van der Waals surface area contributed by atoms with E-state index in [2.05, 4.69) is 4.98 Å². The fourth-order valence-electron chi connectivity index (χ4n) is 2.02. The van der Waals surface area contributed by atoms with E-state index in [1.807, 2.05) is 36.6 Å². The van der Waals surface area contributed by atoms with Crippen molar-refractivity contribution in [1.29, 1.82) is 0 Å². The van der Waals surface area contributed by atoms with Crippen LogP contribution < -0.4 is 0 Å². The highest BCUT2D eigenvalue weighted by Gasteiger charge is 2.12. The molecule has 0 aliphatic rings. The van der Waals surface area contributed by atoms with Crippen molar-refractivity contribution in [2.75, 3.05) is 0 Å². The third-order valence-electron chi connectivity index (χ3n) is 2.71. The number of nitrogens with zero attached hydrogens (tertiary/aromatic N) is 2. The molecule has 1 aromatic carbocycles. The number of carbonyl (C=O) groups is 1. The zero-order valence-corrected chi connectivity index (χ0v) is 11.4. The Bertz CT molecular complexity index is 592. The summed E-state index contributed by atoms with van der Waals surface area (Å²) in [5, 5.41) is 0.670. The van der Waals surface area contributed by atoms with Crippen molar-refractivity contribution in [3.05, 3.63) is 29.0 Å². The van der Waals surface area contributed by atoms with E-state index in [4.69, 9.17) is 16.3 Å². The Hall–Kier alpha value is -1.55. The van der Waals surface area contributed by atoms with Gasteiger partial charge in [0.2, 0.25) is 0 Å². The molecular formula is C13H15ClN2O2. The number of hydrogen-bond acceptors (Lipinski definition) is 3. The summed E-state index contributed by atoms with van der Waals surface area (Å²) in [6.07, 6.45) is -0.197. The van der Waals surface area contributed by atoms with E-state index in [1.54, 1.807) is 0 Å². The minimum absolute atomic E-state index is 0.197. The molecule has 1 atom stereocenters. The van der Waals surface area contributed by atoms with Gasteiger partial charge in [-0.2, -0.15) is 0 Å². The highest BCUT2D eigenvalue weighted by Crippen LogP contribution is 2.21. The molecule has 0 saturated carbocycles. The van der Waals surface area contributed by atoms with Gasteiger partial charge in [-0.05, 0) is 32.0 Å². The van der Waals surface area contributed by atoms with E-state index in [0.29, 0.717) is 11.6 Å². The third kappa shape index (κ3) is 2.64. The first-order valence-corrected chi connectivity index (χ1v) is 6.15. The van der Waals surface area contributed by atoms with Crippen LogP contribution in [0.5, 0.6) is 0 Å². The molecular weight excluding hydrogens is 252 g/mol. The summed E-state index contributed by atoms with van der Waals surface area (Å²) in [7, 11) is 0. The molecule has 0 bridgehead atoms. The van der Waals surface area contributed by atoms with Crippen LogP contribution in [0.1, 0.15) is 19.7 Å². The summed E-state index contributed by atoms with van der Waals surface area (Å²) < 4.78 is 7.15. The average molecular weight is 267 g/mol. The predicted octanol–water partition coefficient (Wildman–Crippen LogP) is 2.95. The Labute approximate surface area is 111 Å². The van der Waals surface area contributed by atoms with Crippen LogP contribution >= 0.6 is 11.6 Å². The first-order chi connectivity index (χ1) is 8.47. The van der Waals surface area contributed by atoms with Crippen molar-refractivity contribution in [3.63, 3.8) is 0 Å². The monoisotopic (exact) mass is 266 g/mol. The summed E-state index contributed by atoms with van der Waals surface area (Å²) in [6, 6.07) is 5.57. The molecule has 5 heteroatoms. The van der Waals surface area contributed by atoms with Crippen molar-refractivity contribution < 1.29 is 9.53 Å². The second-order valence-electron chi connectivity index (χ2n) is 4.32. The van der Waals surface area contributed by atoms with Gasteiger partial charge in [0.1, 0.15) is 11.9 Å². The SMILES string of the molecule is CC(=O)OC(C)Cn1c(C)nc2ccc(Cl)cc21. The number of benzene rings is 1. The highest BCUT2D eigenvalue weighted by atomic mass is 35.5. The van der Waals surface area contributed by atoms with Gasteiger partial charge in [0.15, 0.2) is 0 Å². The van der Waals surface area contributed by atoms with Crippen molar-refractivity contribution in [3.8, 4) is 0 Å². The lowest BCUT2D eigenvalue weighted by atomic mass is 10.3. The second-order valence-corrected chi connectivity index (χ2v) is 4.76. The van der Waals surface area contributed by atoms with E-state index >= 15 is 0 Å². The predicted molar refractivity (Wildman–Crippen MR) is 70.7 cm³/mol.